The van der Waals surface area contributed by atoms with E-state index < -0.39 is 0 Å². The zero-order valence-corrected chi connectivity index (χ0v) is 23.8. The second-order valence-electron chi connectivity index (χ2n) is 13.1. The summed E-state index contributed by atoms with van der Waals surface area (Å²) in [5, 5.41) is 0.518. The molecule has 0 aliphatic heterocycles. The van der Waals surface area contributed by atoms with Gasteiger partial charge in [0.25, 0.3) is 0 Å². The van der Waals surface area contributed by atoms with Crippen LogP contribution in [0.2, 0.25) is 0 Å². The average Bonchev–Trinajstić information content (AvgIpc) is 3.58. The summed E-state index contributed by atoms with van der Waals surface area (Å²) in [6.45, 7) is 27.9. The molecule has 0 aromatic heterocycles. The lowest BCUT2D eigenvalue weighted by atomic mass is 9.68. The van der Waals surface area contributed by atoms with E-state index in [0.29, 0.717) is 21.4 Å². The van der Waals surface area contributed by atoms with E-state index >= 15 is 0 Å². The van der Waals surface area contributed by atoms with Gasteiger partial charge in [0, 0.05) is 0 Å². The van der Waals surface area contributed by atoms with Crippen molar-refractivity contribution in [1.82, 2.24) is 0 Å². The van der Waals surface area contributed by atoms with Crippen molar-refractivity contribution in [2.75, 3.05) is 0 Å². The predicted molar refractivity (Wildman–Crippen MR) is 140 cm³/mol. The van der Waals surface area contributed by atoms with Crippen LogP contribution in [0, 0.1) is 39.9 Å². The van der Waals surface area contributed by atoms with Crippen molar-refractivity contribution in [2.24, 2.45) is 39.9 Å². The molecule has 8 unspecified atom stereocenters. The molecule has 2 saturated carbocycles. The summed E-state index contributed by atoms with van der Waals surface area (Å²) in [5.74, 6) is 3.67. The van der Waals surface area contributed by atoms with Gasteiger partial charge in [0.15, 0.2) is 0 Å². The normalized spacial score (nSPS) is 34.9. The van der Waals surface area contributed by atoms with Gasteiger partial charge < -0.3 is 0 Å². The van der Waals surface area contributed by atoms with Gasteiger partial charge >= 0.3 is 0 Å². The van der Waals surface area contributed by atoms with Crippen molar-refractivity contribution >= 4 is 8.58 Å². The number of hydrogen-bond acceptors (Lipinski definition) is 0. The van der Waals surface area contributed by atoms with Crippen LogP contribution in [0.1, 0.15) is 134 Å². The molecule has 0 aromatic carbocycles. The molecule has 2 fully saturated rings. The Kier molecular flexibility index (Phi) is 8.66. The Morgan fingerprint density at radius 3 is 1.93 bits per heavy atom. The van der Waals surface area contributed by atoms with E-state index in [1.165, 1.54) is 57.8 Å². The lowest BCUT2D eigenvalue weighted by Gasteiger charge is -2.40. The third kappa shape index (κ3) is 5.15. The summed E-state index contributed by atoms with van der Waals surface area (Å²) < 4.78 is 0. The second-order valence-corrected chi connectivity index (χ2v) is 15.4. The summed E-state index contributed by atoms with van der Waals surface area (Å²) >= 11 is 0. The SMILES string of the molecule is CCCCC(CCC)C(C)(C)C1CC1(C)C(CC)PC(C)(C)C1CC1(C)C(C)CC. The average molecular weight is 437 g/mol. The minimum absolute atomic E-state index is 0.507. The molecular formula is C29H57P. The molecule has 0 nitrogen and oxygen atoms in total. The predicted octanol–water partition coefficient (Wildman–Crippen LogP) is 9.95. The van der Waals surface area contributed by atoms with Gasteiger partial charge in [0.05, 0.1) is 0 Å². The lowest BCUT2D eigenvalue weighted by Crippen LogP contribution is -2.33. The fourth-order valence-corrected chi connectivity index (χ4v) is 9.99. The second kappa shape index (κ2) is 9.74. The maximum absolute atomic E-state index is 2.68. The minimum atomic E-state index is 0.507. The first-order chi connectivity index (χ1) is 13.8. The van der Waals surface area contributed by atoms with Gasteiger partial charge in [-0.2, -0.15) is 0 Å². The molecule has 2 aliphatic carbocycles. The van der Waals surface area contributed by atoms with Gasteiger partial charge in [-0.05, 0) is 76.4 Å². The van der Waals surface area contributed by atoms with Crippen molar-refractivity contribution in [2.45, 2.75) is 145 Å². The van der Waals surface area contributed by atoms with Crippen molar-refractivity contribution in [1.29, 1.82) is 0 Å². The first-order valence-electron chi connectivity index (χ1n) is 13.6. The van der Waals surface area contributed by atoms with Crippen LogP contribution in [-0.2, 0) is 0 Å². The van der Waals surface area contributed by atoms with Crippen LogP contribution in [0.4, 0.5) is 0 Å². The Hall–Kier alpha value is 0.430. The minimum Gasteiger partial charge on any atom is -0.112 e. The molecule has 0 heterocycles. The van der Waals surface area contributed by atoms with E-state index in [0.717, 1.165) is 37.9 Å². The fourth-order valence-electron chi connectivity index (χ4n) is 7.60. The van der Waals surface area contributed by atoms with Gasteiger partial charge in [0.2, 0.25) is 0 Å². The van der Waals surface area contributed by atoms with Crippen molar-refractivity contribution < 1.29 is 0 Å². The Balaban J connectivity index is 2.10. The van der Waals surface area contributed by atoms with Crippen molar-refractivity contribution in [3.05, 3.63) is 0 Å². The maximum Gasteiger partial charge on any atom is -0.0142 e. The molecule has 30 heavy (non-hydrogen) atoms. The van der Waals surface area contributed by atoms with Crippen molar-refractivity contribution in [3.8, 4) is 0 Å². The highest BCUT2D eigenvalue weighted by molar-refractivity contribution is 7.41. The Morgan fingerprint density at radius 1 is 0.833 bits per heavy atom. The third-order valence-electron chi connectivity index (χ3n) is 10.4. The lowest BCUT2D eigenvalue weighted by molar-refractivity contribution is 0.127. The first kappa shape index (κ1) is 26.7. The first-order valence-corrected chi connectivity index (χ1v) is 14.7. The molecule has 0 aromatic rings. The zero-order valence-electron chi connectivity index (χ0n) is 22.8. The van der Waals surface area contributed by atoms with Crippen LogP contribution in [-0.4, -0.2) is 10.8 Å². The molecule has 8 atom stereocenters. The Bertz CT molecular complexity index is 549. The van der Waals surface area contributed by atoms with Crippen molar-refractivity contribution in [3.63, 3.8) is 0 Å². The highest BCUT2D eigenvalue weighted by Gasteiger charge is 2.64. The maximum atomic E-state index is 2.68. The molecule has 0 bridgehead atoms. The molecular weight excluding hydrogens is 379 g/mol. The molecule has 2 rings (SSSR count). The molecule has 2 aliphatic rings. The van der Waals surface area contributed by atoms with E-state index in [-0.39, 0.29) is 0 Å². The largest absolute Gasteiger partial charge is 0.112 e. The molecule has 0 saturated heterocycles. The van der Waals surface area contributed by atoms with Gasteiger partial charge in [-0.1, -0.05) is 108 Å². The molecule has 0 radical (unpaired) electrons. The molecule has 0 N–H and O–H groups in total. The smallest absolute Gasteiger partial charge is 0.0142 e. The molecule has 178 valence electrons. The van der Waals surface area contributed by atoms with E-state index in [1.54, 1.807) is 0 Å². The van der Waals surface area contributed by atoms with E-state index in [4.69, 9.17) is 0 Å². The number of rotatable bonds is 14. The van der Waals surface area contributed by atoms with Crippen LogP contribution >= 0.6 is 8.58 Å². The summed E-state index contributed by atoms with van der Waals surface area (Å²) in [5.41, 5.74) is 2.63. The van der Waals surface area contributed by atoms with Crippen LogP contribution in [0.15, 0.2) is 0 Å². The Labute approximate surface area is 193 Å². The van der Waals surface area contributed by atoms with Gasteiger partial charge in [-0.25, -0.2) is 0 Å². The van der Waals surface area contributed by atoms with Gasteiger partial charge in [0.1, 0.15) is 0 Å². The summed E-state index contributed by atoms with van der Waals surface area (Å²) in [4.78, 5) is 0. The Morgan fingerprint density at radius 2 is 1.43 bits per heavy atom. The number of unbranched alkanes of at least 4 members (excludes halogenated alkanes) is 1. The zero-order chi connectivity index (χ0) is 23.0. The van der Waals surface area contributed by atoms with Crippen LogP contribution < -0.4 is 0 Å². The van der Waals surface area contributed by atoms with Crippen LogP contribution in [0.5, 0.6) is 0 Å². The fraction of sp³-hybridized carbons (Fsp3) is 1.00. The van der Waals surface area contributed by atoms with E-state index in [9.17, 15) is 0 Å². The van der Waals surface area contributed by atoms with Crippen LogP contribution in [0.3, 0.4) is 0 Å². The highest BCUT2D eigenvalue weighted by Crippen LogP contribution is 2.73. The monoisotopic (exact) mass is 436 g/mol. The van der Waals surface area contributed by atoms with E-state index in [2.05, 4.69) is 76.2 Å². The molecule has 1 heteroatoms. The van der Waals surface area contributed by atoms with Gasteiger partial charge in [-0.15, -0.1) is 8.58 Å². The van der Waals surface area contributed by atoms with Gasteiger partial charge in [-0.3, -0.25) is 0 Å². The summed E-state index contributed by atoms with van der Waals surface area (Å²) in [6, 6.07) is 0. The standard InChI is InChI=1S/C29H57P/c1-12-16-18-22(17-13-2)26(6,7)23-19-29(23,11)25(15-4)30-27(8,9)24-20-28(24,10)21(5)14-3/h21-25,30H,12-20H2,1-11H3. The molecule has 0 amide bonds. The molecule has 0 spiro atoms. The van der Waals surface area contributed by atoms with Crippen LogP contribution in [0.25, 0.3) is 0 Å². The third-order valence-corrected chi connectivity index (χ3v) is 12.9. The summed E-state index contributed by atoms with van der Waals surface area (Å²) in [7, 11) is 1.13. The van der Waals surface area contributed by atoms with E-state index in [1.807, 2.05) is 0 Å². The highest BCUT2D eigenvalue weighted by atomic mass is 31.1. The quantitative estimate of drug-likeness (QED) is 0.238. The number of hydrogen-bond donors (Lipinski definition) is 0. The topological polar surface area (TPSA) is 0 Å². The summed E-state index contributed by atoms with van der Waals surface area (Å²) in [6.07, 6.45) is 12.7.